The fourth-order valence-electron chi connectivity index (χ4n) is 4.69. The number of pyridine rings is 2. The number of carboxylic acids is 1. The lowest BCUT2D eigenvalue weighted by Gasteiger charge is -2.31. The maximum atomic E-state index is 14.2. The highest BCUT2D eigenvalue weighted by Crippen LogP contribution is 2.35. The van der Waals surface area contributed by atoms with Crippen LogP contribution in [0.3, 0.4) is 0 Å². The van der Waals surface area contributed by atoms with Crippen LogP contribution in [0.4, 0.5) is 10.6 Å². The van der Waals surface area contributed by atoms with Gasteiger partial charge < -0.3 is 15.6 Å². The van der Waals surface area contributed by atoms with E-state index in [1.165, 1.54) is 42.7 Å². The number of rotatable bonds is 12. The van der Waals surface area contributed by atoms with Crippen molar-refractivity contribution in [1.29, 1.82) is 0 Å². The van der Waals surface area contributed by atoms with Crippen molar-refractivity contribution in [3.05, 3.63) is 83.8 Å². The minimum Gasteiger partial charge on any atom is -0.480 e. The van der Waals surface area contributed by atoms with Crippen molar-refractivity contribution >= 4 is 27.7 Å². The van der Waals surface area contributed by atoms with E-state index in [-0.39, 0.29) is 28.2 Å². The van der Waals surface area contributed by atoms with Crippen molar-refractivity contribution in [2.45, 2.75) is 88.0 Å². The van der Waals surface area contributed by atoms with Crippen molar-refractivity contribution < 1.29 is 27.9 Å². The first-order valence-electron chi connectivity index (χ1n) is 14.2. The second kappa shape index (κ2) is 13.2. The third kappa shape index (κ3) is 8.17. The van der Waals surface area contributed by atoms with Gasteiger partial charge in [-0.25, -0.2) is 18.2 Å². The molecule has 1 unspecified atom stereocenters. The van der Waals surface area contributed by atoms with Crippen molar-refractivity contribution in [2.24, 2.45) is 5.73 Å². The summed E-state index contributed by atoms with van der Waals surface area (Å²) in [6, 6.07) is 14.8. The standard InChI is InChI=1S/C32H42N4O6S/c1-7-8-18-31(5,6)24-14-12-23(13-15-24)21-32(33,43(40,41)25-16-19-34-20-17-25)26-10-9-11-27(35-26)36(22-28(37)38)29(39)42-30(2,3)4/h9-17,19-20H,7-8,18,21-22,33H2,1-6H3,(H,37,38). The average Bonchev–Trinajstić information content (AvgIpc) is 2.94. The molecule has 0 aliphatic carbocycles. The topological polar surface area (TPSA) is 153 Å². The first-order valence-corrected chi connectivity index (χ1v) is 15.7. The summed E-state index contributed by atoms with van der Waals surface area (Å²) in [5, 5.41) is 9.52. The smallest absolute Gasteiger partial charge is 0.416 e. The molecule has 0 saturated carbocycles. The van der Waals surface area contributed by atoms with Crippen LogP contribution in [-0.2, 0) is 36.1 Å². The molecule has 11 heteroatoms. The Balaban J connectivity index is 2.13. The predicted octanol–water partition coefficient (Wildman–Crippen LogP) is 5.60. The molecule has 43 heavy (non-hydrogen) atoms. The number of sulfone groups is 1. The Morgan fingerprint density at radius 2 is 1.60 bits per heavy atom. The van der Waals surface area contributed by atoms with E-state index >= 15 is 0 Å². The van der Waals surface area contributed by atoms with Crippen molar-refractivity contribution in [3.63, 3.8) is 0 Å². The van der Waals surface area contributed by atoms with Gasteiger partial charge in [0.05, 0.1) is 10.6 Å². The number of aliphatic carboxylic acids is 1. The molecule has 2 heterocycles. The van der Waals surface area contributed by atoms with Gasteiger partial charge in [0.2, 0.25) is 9.84 Å². The van der Waals surface area contributed by atoms with Crippen LogP contribution in [0.1, 0.15) is 77.6 Å². The van der Waals surface area contributed by atoms with Gasteiger partial charge >= 0.3 is 12.1 Å². The molecule has 1 amide bonds. The van der Waals surface area contributed by atoms with Gasteiger partial charge in [0.15, 0.2) is 4.87 Å². The molecule has 0 spiro atoms. The number of nitrogens with two attached hydrogens (primary N) is 1. The molecule has 0 bridgehead atoms. The zero-order valence-corrected chi connectivity index (χ0v) is 26.5. The van der Waals surface area contributed by atoms with Crippen LogP contribution in [0.25, 0.3) is 0 Å². The molecule has 1 aromatic carbocycles. The molecule has 0 aliphatic heterocycles. The first kappa shape index (κ1) is 33.7. The maximum absolute atomic E-state index is 14.2. The zero-order chi connectivity index (χ0) is 32.1. The molecular formula is C32H42N4O6S. The van der Waals surface area contributed by atoms with Crippen LogP contribution in [0, 0.1) is 0 Å². The number of nitrogens with zero attached hydrogens (tertiary/aromatic N) is 3. The fraction of sp³-hybridized carbons (Fsp3) is 0.438. The number of hydrogen-bond acceptors (Lipinski definition) is 8. The highest BCUT2D eigenvalue weighted by Gasteiger charge is 2.45. The van der Waals surface area contributed by atoms with Crippen LogP contribution in [-0.4, -0.2) is 47.7 Å². The molecule has 3 aromatic rings. The largest absolute Gasteiger partial charge is 0.480 e. The number of ether oxygens (including phenoxy) is 1. The minimum atomic E-state index is -4.29. The van der Waals surface area contributed by atoms with Crippen molar-refractivity contribution in [2.75, 3.05) is 11.4 Å². The molecule has 0 saturated heterocycles. The number of carbonyl (C=O) groups excluding carboxylic acids is 1. The summed E-state index contributed by atoms with van der Waals surface area (Å²) in [5.41, 5.74) is 7.64. The summed E-state index contributed by atoms with van der Waals surface area (Å²) in [7, 11) is -4.29. The molecule has 0 fully saturated rings. The van der Waals surface area contributed by atoms with Gasteiger partial charge in [-0.3, -0.25) is 14.7 Å². The molecule has 10 nitrogen and oxygen atoms in total. The quantitative estimate of drug-likeness (QED) is 0.267. The van der Waals surface area contributed by atoms with Gasteiger partial charge in [0.25, 0.3) is 0 Å². The molecular weight excluding hydrogens is 568 g/mol. The lowest BCUT2D eigenvalue weighted by atomic mass is 9.80. The van der Waals surface area contributed by atoms with Gasteiger partial charge in [-0.05, 0) is 68.0 Å². The summed E-state index contributed by atoms with van der Waals surface area (Å²) in [5.74, 6) is -1.41. The predicted molar refractivity (Wildman–Crippen MR) is 165 cm³/mol. The minimum absolute atomic E-state index is 0.0518. The monoisotopic (exact) mass is 610 g/mol. The van der Waals surface area contributed by atoms with E-state index in [0.29, 0.717) is 5.56 Å². The average molecular weight is 611 g/mol. The van der Waals surface area contributed by atoms with E-state index in [1.54, 1.807) is 20.8 Å². The fourth-order valence-corrected chi connectivity index (χ4v) is 6.34. The number of benzene rings is 1. The van der Waals surface area contributed by atoms with Crippen LogP contribution < -0.4 is 10.6 Å². The third-order valence-corrected chi connectivity index (χ3v) is 9.35. The maximum Gasteiger partial charge on any atom is 0.416 e. The Labute approximate surface area is 254 Å². The summed E-state index contributed by atoms with van der Waals surface area (Å²) < 4.78 is 33.8. The van der Waals surface area contributed by atoms with E-state index < -0.39 is 38.9 Å². The Morgan fingerprint density at radius 1 is 0.977 bits per heavy atom. The summed E-state index contributed by atoms with van der Waals surface area (Å²) in [6.07, 6.45) is 4.84. The van der Waals surface area contributed by atoms with Crippen molar-refractivity contribution in [1.82, 2.24) is 9.97 Å². The van der Waals surface area contributed by atoms with Gasteiger partial charge in [-0.15, -0.1) is 0 Å². The Hall–Kier alpha value is -3.83. The van der Waals surface area contributed by atoms with Crippen LogP contribution in [0.5, 0.6) is 0 Å². The SMILES string of the molecule is CCCCC(C)(C)c1ccc(CC(N)(c2cccc(N(CC(=O)O)C(=O)OC(C)(C)C)n2)S(=O)(=O)c2ccncc2)cc1. The van der Waals surface area contributed by atoms with Gasteiger partial charge in [0.1, 0.15) is 18.0 Å². The third-order valence-electron chi connectivity index (χ3n) is 7.15. The lowest BCUT2D eigenvalue weighted by Crippen LogP contribution is -2.48. The van der Waals surface area contributed by atoms with E-state index in [2.05, 4.69) is 30.7 Å². The Bertz CT molecular complexity index is 1520. The Morgan fingerprint density at radius 3 is 2.16 bits per heavy atom. The normalized spacial score (nSPS) is 13.7. The van der Waals surface area contributed by atoms with Crippen LogP contribution >= 0.6 is 0 Å². The second-order valence-electron chi connectivity index (χ2n) is 12.3. The first-order chi connectivity index (χ1) is 20.0. The number of anilines is 1. The van der Waals surface area contributed by atoms with E-state index in [9.17, 15) is 23.1 Å². The molecule has 0 radical (unpaired) electrons. The molecule has 3 N–H and O–H groups in total. The van der Waals surface area contributed by atoms with E-state index in [0.717, 1.165) is 29.7 Å². The number of carbonyl (C=O) groups is 2. The van der Waals surface area contributed by atoms with Gasteiger partial charge in [-0.1, -0.05) is 63.9 Å². The van der Waals surface area contributed by atoms with Crippen LogP contribution in [0.2, 0.25) is 0 Å². The molecule has 2 aromatic heterocycles. The molecule has 232 valence electrons. The van der Waals surface area contributed by atoms with Gasteiger partial charge in [-0.2, -0.15) is 0 Å². The lowest BCUT2D eigenvalue weighted by molar-refractivity contribution is -0.135. The number of amides is 1. The number of aromatic nitrogens is 2. The molecule has 1 atom stereocenters. The van der Waals surface area contributed by atoms with Crippen LogP contribution in [0.15, 0.2) is 71.9 Å². The highest BCUT2D eigenvalue weighted by molar-refractivity contribution is 7.92. The summed E-state index contributed by atoms with van der Waals surface area (Å²) in [6.45, 7) is 10.7. The highest BCUT2D eigenvalue weighted by atomic mass is 32.2. The van der Waals surface area contributed by atoms with Gasteiger partial charge in [0, 0.05) is 18.8 Å². The van der Waals surface area contributed by atoms with E-state index in [1.807, 2.05) is 24.3 Å². The van der Waals surface area contributed by atoms with Crippen molar-refractivity contribution in [3.8, 4) is 0 Å². The second-order valence-corrected chi connectivity index (χ2v) is 14.5. The summed E-state index contributed by atoms with van der Waals surface area (Å²) in [4.78, 5) is 31.8. The molecule has 0 aliphatic rings. The Kier molecular flexibility index (Phi) is 10.3. The summed E-state index contributed by atoms with van der Waals surface area (Å²) >= 11 is 0. The number of unbranched alkanes of at least 4 members (excludes halogenated alkanes) is 1. The van der Waals surface area contributed by atoms with E-state index in [4.69, 9.17) is 10.5 Å². The molecule has 3 rings (SSSR count). The number of hydrogen-bond donors (Lipinski definition) is 2. The zero-order valence-electron chi connectivity index (χ0n) is 25.7. The number of carboxylic acid groups (broad SMARTS) is 1.